The van der Waals surface area contributed by atoms with Crippen molar-refractivity contribution >= 4 is 27.6 Å². The Morgan fingerprint density at radius 3 is 1.62 bits per heavy atom. The number of unbranched alkanes of at least 4 members (excludes halogenated alkanes) is 24. The van der Waals surface area contributed by atoms with Crippen LogP contribution in [0.3, 0.4) is 0 Å². The molecule has 1 aliphatic heterocycles. The standard InChI is InChI=1S/C49H94O14P2/c1-4-6-7-8-25-30-35-46-47(63-46)36-31-26-23-28-32-37-48(51)58-41-45(42-61-65(56,57)60-40-44(50)39-59-64(53,54)55)62-49(52)38-33-27-22-20-18-16-14-12-10-9-11-13-15-17-19-21-24-29-34-43(3)5-2/h25,30,43-47,50H,4-24,26-29,31-42H2,1-3H3,(H,56,57)(H2,53,54,55)/b30-25-/t43?,44-,45+,46?,47?/m0/s1. The molecule has 0 saturated carbocycles. The fourth-order valence-electron chi connectivity index (χ4n) is 7.69. The molecule has 6 atom stereocenters. The molecule has 1 heterocycles. The summed E-state index contributed by atoms with van der Waals surface area (Å²) in [5.74, 6) is -0.159. The van der Waals surface area contributed by atoms with Gasteiger partial charge in [-0.25, -0.2) is 9.13 Å². The van der Waals surface area contributed by atoms with Gasteiger partial charge < -0.3 is 34.0 Å². The molecule has 4 N–H and O–H groups in total. The van der Waals surface area contributed by atoms with Crippen molar-refractivity contribution in [2.45, 2.75) is 257 Å². The SMILES string of the molecule is CCCCC/C=C\CC1OC1CCCCCCCC(=O)OC[C@H](COP(=O)(O)OC[C@@H](O)COP(=O)(O)O)OC(=O)CCCCCCCCCCCCCCCCCCCCC(C)CC. The first-order chi connectivity index (χ1) is 31.2. The molecule has 1 aliphatic rings. The number of carbonyl (C=O) groups is 2. The number of allylic oxidation sites excluding steroid dienone is 1. The maximum atomic E-state index is 12.7. The first kappa shape index (κ1) is 61.8. The van der Waals surface area contributed by atoms with Gasteiger partial charge in [-0.05, 0) is 44.4 Å². The second-order valence-corrected chi connectivity index (χ2v) is 21.1. The fourth-order valence-corrected chi connectivity index (χ4v) is 8.84. The maximum Gasteiger partial charge on any atom is 0.472 e. The molecule has 16 heteroatoms. The largest absolute Gasteiger partial charge is 0.472 e. The molecule has 0 spiro atoms. The van der Waals surface area contributed by atoms with Crippen molar-refractivity contribution in [3.8, 4) is 0 Å². The molecule has 14 nitrogen and oxygen atoms in total. The Hall–Kier alpha value is -1.18. The summed E-state index contributed by atoms with van der Waals surface area (Å²) >= 11 is 0. The van der Waals surface area contributed by atoms with E-state index in [9.17, 15) is 28.7 Å². The lowest BCUT2D eigenvalue weighted by molar-refractivity contribution is -0.161. The van der Waals surface area contributed by atoms with E-state index >= 15 is 0 Å². The summed E-state index contributed by atoms with van der Waals surface area (Å²) in [6, 6.07) is 0. The molecule has 0 aromatic rings. The maximum absolute atomic E-state index is 12.7. The van der Waals surface area contributed by atoms with Crippen molar-refractivity contribution in [1.29, 1.82) is 0 Å². The molecule has 0 radical (unpaired) electrons. The number of rotatable bonds is 48. The normalized spacial score (nSPS) is 17.5. The van der Waals surface area contributed by atoms with Gasteiger partial charge in [-0.2, -0.15) is 0 Å². The lowest BCUT2D eigenvalue weighted by Crippen LogP contribution is -2.30. The van der Waals surface area contributed by atoms with E-state index < -0.39 is 66.2 Å². The van der Waals surface area contributed by atoms with E-state index in [0.29, 0.717) is 25.0 Å². The summed E-state index contributed by atoms with van der Waals surface area (Å²) in [5, 5.41) is 9.78. The van der Waals surface area contributed by atoms with Gasteiger partial charge in [0.15, 0.2) is 6.10 Å². The summed E-state index contributed by atoms with van der Waals surface area (Å²) in [4.78, 5) is 53.0. The number of aliphatic hydroxyl groups is 1. The van der Waals surface area contributed by atoms with Gasteiger partial charge in [0.25, 0.3) is 0 Å². The Labute approximate surface area is 394 Å². The highest BCUT2D eigenvalue weighted by molar-refractivity contribution is 7.47. The summed E-state index contributed by atoms with van der Waals surface area (Å²) < 4.78 is 53.8. The minimum atomic E-state index is -4.87. The van der Waals surface area contributed by atoms with Gasteiger partial charge in [0.1, 0.15) is 12.7 Å². The Balaban J connectivity index is 2.26. The number of esters is 2. The Morgan fingerprint density at radius 1 is 0.585 bits per heavy atom. The average Bonchev–Trinajstić information content (AvgIpc) is 4.03. The molecule has 65 heavy (non-hydrogen) atoms. The molecule has 1 saturated heterocycles. The second kappa shape index (κ2) is 40.7. The van der Waals surface area contributed by atoms with Gasteiger partial charge in [-0.1, -0.05) is 193 Å². The van der Waals surface area contributed by atoms with Gasteiger partial charge >= 0.3 is 27.6 Å². The van der Waals surface area contributed by atoms with Crippen molar-refractivity contribution in [2.75, 3.05) is 26.4 Å². The van der Waals surface area contributed by atoms with E-state index in [2.05, 4.69) is 37.4 Å². The van der Waals surface area contributed by atoms with E-state index in [0.717, 1.165) is 70.1 Å². The first-order valence-electron chi connectivity index (χ1n) is 25.9. The zero-order chi connectivity index (χ0) is 47.9. The third kappa shape index (κ3) is 41.5. The van der Waals surface area contributed by atoms with Crippen LogP contribution in [0.2, 0.25) is 0 Å². The smallest absolute Gasteiger partial charge is 0.462 e. The zero-order valence-electron chi connectivity index (χ0n) is 41.0. The minimum absolute atomic E-state index is 0.131. The molecule has 384 valence electrons. The highest BCUT2D eigenvalue weighted by Gasteiger charge is 2.36. The highest BCUT2D eigenvalue weighted by Crippen LogP contribution is 2.44. The van der Waals surface area contributed by atoms with Gasteiger partial charge in [-0.15, -0.1) is 0 Å². The van der Waals surface area contributed by atoms with Crippen molar-refractivity contribution in [3.05, 3.63) is 12.2 Å². The number of aliphatic hydroxyl groups excluding tert-OH is 1. The lowest BCUT2D eigenvalue weighted by atomic mass is 9.99. The zero-order valence-corrected chi connectivity index (χ0v) is 42.8. The van der Waals surface area contributed by atoms with Crippen LogP contribution in [-0.4, -0.2) is 82.6 Å². The molecule has 0 amide bonds. The number of phosphoric ester groups is 2. The number of epoxide rings is 1. The topological polar surface area (TPSA) is 208 Å². The number of ether oxygens (including phenoxy) is 3. The molecule has 1 fully saturated rings. The van der Waals surface area contributed by atoms with Crippen LogP contribution in [0.5, 0.6) is 0 Å². The van der Waals surface area contributed by atoms with E-state index in [1.54, 1.807) is 0 Å². The molecule has 0 aromatic heterocycles. The van der Waals surface area contributed by atoms with E-state index in [1.807, 2.05) is 0 Å². The van der Waals surface area contributed by atoms with E-state index in [-0.39, 0.29) is 12.8 Å². The average molecular weight is 969 g/mol. The van der Waals surface area contributed by atoms with Crippen LogP contribution in [0.1, 0.15) is 233 Å². The molecule has 0 bridgehead atoms. The highest BCUT2D eigenvalue weighted by atomic mass is 31.2. The van der Waals surface area contributed by atoms with Gasteiger partial charge in [-0.3, -0.25) is 23.2 Å². The van der Waals surface area contributed by atoms with Crippen molar-refractivity contribution < 1.29 is 66.3 Å². The molecule has 1 rings (SSSR count). The van der Waals surface area contributed by atoms with Crippen LogP contribution in [0, 0.1) is 5.92 Å². The molecular formula is C49H94O14P2. The minimum Gasteiger partial charge on any atom is -0.462 e. The lowest BCUT2D eigenvalue weighted by Gasteiger charge is -2.20. The Kier molecular flexibility index (Phi) is 38.7. The van der Waals surface area contributed by atoms with E-state index in [1.165, 1.54) is 122 Å². The van der Waals surface area contributed by atoms with Gasteiger partial charge in [0.05, 0.1) is 32.0 Å². The van der Waals surface area contributed by atoms with Crippen LogP contribution >= 0.6 is 15.6 Å². The number of hydrogen-bond donors (Lipinski definition) is 4. The predicted molar refractivity (Wildman–Crippen MR) is 257 cm³/mol. The second-order valence-electron chi connectivity index (χ2n) is 18.4. The third-order valence-corrected chi connectivity index (χ3v) is 13.5. The van der Waals surface area contributed by atoms with Crippen LogP contribution in [0.25, 0.3) is 0 Å². The number of carbonyl (C=O) groups excluding carboxylic acids is 2. The third-order valence-electron chi connectivity index (χ3n) is 12.1. The summed E-state index contributed by atoms with van der Waals surface area (Å²) in [7, 11) is -9.68. The Bertz CT molecular complexity index is 1280. The van der Waals surface area contributed by atoms with Gasteiger partial charge in [0.2, 0.25) is 0 Å². The molecule has 0 aromatic carbocycles. The van der Waals surface area contributed by atoms with Crippen LogP contribution in [-0.2, 0) is 46.5 Å². The summed E-state index contributed by atoms with van der Waals surface area (Å²) in [5.41, 5.74) is 0. The number of hydrogen-bond acceptors (Lipinski definition) is 11. The quantitative estimate of drug-likeness (QED) is 0.0147. The predicted octanol–water partition coefficient (Wildman–Crippen LogP) is 12.9. The molecule has 4 unspecified atom stereocenters. The first-order valence-corrected chi connectivity index (χ1v) is 28.9. The van der Waals surface area contributed by atoms with Crippen LogP contribution in [0.4, 0.5) is 0 Å². The van der Waals surface area contributed by atoms with E-state index in [4.69, 9.17) is 33.0 Å². The fraction of sp³-hybridized carbons (Fsp3) is 0.918. The van der Waals surface area contributed by atoms with Crippen LogP contribution < -0.4 is 0 Å². The van der Waals surface area contributed by atoms with Gasteiger partial charge in [0, 0.05) is 12.8 Å². The van der Waals surface area contributed by atoms with Crippen LogP contribution in [0.15, 0.2) is 12.2 Å². The Morgan fingerprint density at radius 2 is 1.08 bits per heavy atom. The summed E-state index contributed by atoms with van der Waals surface area (Å²) in [6.45, 7) is 4.14. The number of phosphoric acid groups is 2. The molecular weight excluding hydrogens is 874 g/mol. The molecule has 0 aliphatic carbocycles. The monoisotopic (exact) mass is 969 g/mol. The van der Waals surface area contributed by atoms with Crippen molar-refractivity contribution in [3.63, 3.8) is 0 Å². The van der Waals surface area contributed by atoms with Crippen molar-refractivity contribution in [2.24, 2.45) is 5.92 Å². The summed E-state index contributed by atoms with van der Waals surface area (Å²) in [6.07, 6.45) is 39.3. The van der Waals surface area contributed by atoms with Crippen molar-refractivity contribution in [1.82, 2.24) is 0 Å².